The van der Waals surface area contributed by atoms with Gasteiger partial charge in [0.05, 0.1) is 31.9 Å². The van der Waals surface area contributed by atoms with Crippen molar-refractivity contribution in [1.82, 2.24) is 9.80 Å². The minimum absolute atomic E-state index is 0.0529. The van der Waals surface area contributed by atoms with Gasteiger partial charge in [-0.1, -0.05) is 26.3 Å². The van der Waals surface area contributed by atoms with Crippen LogP contribution in [0.4, 0.5) is 0 Å². The second kappa shape index (κ2) is 13.3. The van der Waals surface area contributed by atoms with Crippen LogP contribution in [0.1, 0.15) is 55.8 Å². The number of hydrogen-bond acceptors (Lipinski definition) is 7. The van der Waals surface area contributed by atoms with Gasteiger partial charge in [0.2, 0.25) is 0 Å². The van der Waals surface area contributed by atoms with E-state index in [2.05, 4.69) is 6.92 Å². The number of ether oxygens (including phenoxy) is 3. The van der Waals surface area contributed by atoms with Gasteiger partial charge in [-0.3, -0.25) is 9.59 Å². The first kappa shape index (κ1) is 29.0. The molecule has 1 N–H and O–H groups in total. The van der Waals surface area contributed by atoms with Crippen molar-refractivity contribution in [3.05, 3.63) is 58.7 Å². The monoisotopic (exact) mass is 524 g/mol. The standard InChI is InChI=1S/C30H40N2O6/c1-7-9-17-38-24-13-10-21(19-25(24)36-6)27-26(29(34)30(35)32(27)15-14-31(4)5)28(33)22-11-12-23(20(3)18-22)37-16-8-2/h10-13,18-19,27,33H,7-9,14-17H2,1-6H3. The molecule has 1 atom stereocenters. The molecule has 0 saturated carbocycles. The van der Waals surface area contributed by atoms with Crippen molar-refractivity contribution in [2.75, 3.05) is 47.5 Å². The molecule has 1 aliphatic rings. The second-order valence-corrected chi connectivity index (χ2v) is 9.74. The summed E-state index contributed by atoms with van der Waals surface area (Å²) < 4.78 is 17.2. The molecule has 1 fully saturated rings. The van der Waals surface area contributed by atoms with E-state index in [1.807, 2.05) is 38.9 Å². The molecule has 2 aromatic carbocycles. The summed E-state index contributed by atoms with van der Waals surface area (Å²) in [5, 5.41) is 11.4. The second-order valence-electron chi connectivity index (χ2n) is 9.74. The highest BCUT2D eigenvalue weighted by atomic mass is 16.5. The Labute approximate surface area is 225 Å². The molecule has 206 valence electrons. The van der Waals surface area contributed by atoms with Gasteiger partial charge < -0.3 is 29.1 Å². The van der Waals surface area contributed by atoms with Crippen LogP contribution in [0.25, 0.3) is 5.76 Å². The normalized spacial score (nSPS) is 16.8. The first-order valence-corrected chi connectivity index (χ1v) is 13.2. The molecule has 1 aliphatic heterocycles. The van der Waals surface area contributed by atoms with Crippen LogP contribution in [0.2, 0.25) is 0 Å². The Morgan fingerprint density at radius 2 is 1.68 bits per heavy atom. The number of methoxy groups -OCH3 is 1. The van der Waals surface area contributed by atoms with Crippen LogP contribution in [-0.2, 0) is 9.59 Å². The van der Waals surface area contributed by atoms with Gasteiger partial charge >= 0.3 is 0 Å². The van der Waals surface area contributed by atoms with Crippen LogP contribution < -0.4 is 14.2 Å². The average Bonchev–Trinajstić information content (AvgIpc) is 3.15. The molecule has 1 saturated heterocycles. The van der Waals surface area contributed by atoms with Crippen molar-refractivity contribution in [3.63, 3.8) is 0 Å². The Morgan fingerprint density at radius 1 is 0.974 bits per heavy atom. The maximum atomic E-state index is 13.3. The summed E-state index contributed by atoms with van der Waals surface area (Å²) in [7, 11) is 5.36. The molecule has 2 aromatic rings. The predicted octanol–water partition coefficient (Wildman–Crippen LogP) is 4.95. The minimum atomic E-state index is -0.773. The van der Waals surface area contributed by atoms with Crippen molar-refractivity contribution >= 4 is 17.4 Å². The summed E-state index contributed by atoms with van der Waals surface area (Å²) in [5.41, 5.74) is 1.99. The van der Waals surface area contributed by atoms with Crippen LogP contribution in [0, 0.1) is 6.92 Å². The number of ketones is 1. The molecule has 0 radical (unpaired) electrons. The van der Waals surface area contributed by atoms with E-state index in [0.29, 0.717) is 48.9 Å². The number of carbonyl (C=O) groups excluding carboxylic acids is 2. The van der Waals surface area contributed by atoms with Gasteiger partial charge in [-0.2, -0.15) is 0 Å². The molecule has 8 heteroatoms. The summed E-state index contributed by atoms with van der Waals surface area (Å²) in [6.45, 7) is 8.03. The number of aryl methyl sites for hydroxylation is 1. The Bertz CT molecular complexity index is 1170. The first-order chi connectivity index (χ1) is 18.2. The number of amides is 1. The molecule has 1 heterocycles. The summed E-state index contributed by atoms with van der Waals surface area (Å²) in [5.74, 6) is 0.249. The van der Waals surface area contributed by atoms with Gasteiger partial charge in [0.1, 0.15) is 11.5 Å². The number of likely N-dealkylation sites (N-methyl/N-ethyl adjacent to an activating group) is 1. The number of benzene rings is 2. The lowest BCUT2D eigenvalue weighted by molar-refractivity contribution is -0.140. The lowest BCUT2D eigenvalue weighted by Crippen LogP contribution is -2.35. The highest BCUT2D eigenvalue weighted by Crippen LogP contribution is 2.42. The van der Waals surface area contributed by atoms with E-state index in [1.54, 1.807) is 37.4 Å². The van der Waals surface area contributed by atoms with E-state index < -0.39 is 17.7 Å². The quantitative estimate of drug-likeness (QED) is 0.172. The van der Waals surface area contributed by atoms with Gasteiger partial charge in [-0.05, 0) is 75.3 Å². The summed E-state index contributed by atoms with van der Waals surface area (Å²) >= 11 is 0. The number of unbranched alkanes of at least 4 members (excludes halogenated alkanes) is 1. The number of Topliss-reactive ketones (excluding diaryl/α,β-unsaturated/α-hetero) is 1. The third kappa shape index (κ3) is 6.48. The van der Waals surface area contributed by atoms with Gasteiger partial charge in [-0.15, -0.1) is 0 Å². The Hall–Kier alpha value is -3.52. The van der Waals surface area contributed by atoms with Crippen LogP contribution in [0.3, 0.4) is 0 Å². The molecule has 3 rings (SSSR count). The molecule has 0 aromatic heterocycles. The lowest BCUT2D eigenvalue weighted by Gasteiger charge is -2.27. The number of carbonyl (C=O) groups is 2. The van der Waals surface area contributed by atoms with Gasteiger partial charge in [0, 0.05) is 18.7 Å². The maximum absolute atomic E-state index is 13.3. The number of hydrogen-bond donors (Lipinski definition) is 1. The van der Waals surface area contributed by atoms with E-state index in [0.717, 1.165) is 30.6 Å². The third-order valence-electron chi connectivity index (χ3n) is 6.50. The summed E-state index contributed by atoms with van der Waals surface area (Å²) in [4.78, 5) is 30.0. The largest absolute Gasteiger partial charge is 0.507 e. The molecule has 8 nitrogen and oxygen atoms in total. The van der Waals surface area contributed by atoms with Crippen LogP contribution in [0.15, 0.2) is 42.0 Å². The van der Waals surface area contributed by atoms with Crippen LogP contribution in [-0.4, -0.2) is 74.1 Å². The Kier molecular flexibility index (Phi) is 10.2. The van der Waals surface area contributed by atoms with E-state index in [-0.39, 0.29) is 11.3 Å². The van der Waals surface area contributed by atoms with Crippen LogP contribution in [0.5, 0.6) is 17.2 Å². The van der Waals surface area contributed by atoms with E-state index in [9.17, 15) is 14.7 Å². The van der Waals surface area contributed by atoms with E-state index >= 15 is 0 Å². The molecular formula is C30H40N2O6. The molecule has 0 bridgehead atoms. The number of aliphatic hydroxyl groups excluding tert-OH is 1. The van der Waals surface area contributed by atoms with E-state index in [4.69, 9.17) is 14.2 Å². The molecule has 1 amide bonds. The number of rotatable bonds is 13. The molecule has 0 spiro atoms. The SMILES string of the molecule is CCCCOc1ccc(C2C(=C(O)c3ccc(OCCC)c(C)c3)C(=O)C(=O)N2CCN(C)C)cc1OC. The zero-order valence-corrected chi connectivity index (χ0v) is 23.4. The summed E-state index contributed by atoms with van der Waals surface area (Å²) in [6, 6.07) is 9.88. The summed E-state index contributed by atoms with van der Waals surface area (Å²) in [6.07, 6.45) is 2.80. The zero-order chi connectivity index (χ0) is 27.8. The highest BCUT2D eigenvalue weighted by Gasteiger charge is 2.46. The zero-order valence-electron chi connectivity index (χ0n) is 23.4. The van der Waals surface area contributed by atoms with Crippen molar-refractivity contribution in [2.24, 2.45) is 0 Å². The van der Waals surface area contributed by atoms with Crippen LogP contribution >= 0.6 is 0 Å². The van der Waals surface area contributed by atoms with Crippen molar-refractivity contribution in [1.29, 1.82) is 0 Å². The first-order valence-electron chi connectivity index (χ1n) is 13.2. The molecule has 1 unspecified atom stereocenters. The smallest absolute Gasteiger partial charge is 0.295 e. The predicted molar refractivity (Wildman–Crippen MR) is 148 cm³/mol. The Morgan fingerprint density at radius 3 is 2.32 bits per heavy atom. The van der Waals surface area contributed by atoms with E-state index in [1.165, 1.54) is 4.90 Å². The third-order valence-corrected chi connectivity index (χ3v) is 6.50. The molecular weight excluding hydrogens is 484 g/mol. The van der Waals surface area contributed by atoms with Gasteiger partial charge in [0.15, 0.2) is 11.5 Å². The average molecular weight is 525 g/mol. The topological polar surface area (TPSA) is 88.5 Å². The number of likely N-dealkylation sites (tertiary alicyclic amines) is 1. The lowest BCUT2D eigenvalue weighted by atomic mass is 9.94. The van der Waals surface area contributed by atoms with Gasteiger partial charge in [0.25, 0.3) is 11.7 Å². The van der Waals surface area contributed by atoms with Crippen molar-refractivity contribution in [3.8, 4) is 17.2 Å². The molecule has 0 aliphatic carbocycles. The molecule has 38 heavy (non-hydrogen) atoms. The van der Waals surface area contributed by atoms with Gasteiger partial charge in [-0.25, -0.2) is 0 Å². The minimum Gasteiger partial charge on any atom is -0.507 e. The number of nitrogens with zero attached hydrogens (tertiary/aromatic N) is 2. The maximum Gasteiger partial charge on any atom is 0.295 e. The highest BCUT2D eigenvalue weighted by molar-refractivity contribution is 6.46. The Balaban J connectivity index is 2.10. The fraction of sp³-hybridized carbons (Fsp3) is 0.467. The van der Waals surface area contributed by atoms with Crippen molar-refractivity contribution in [2.45, 2.75) is 46.1 Å². The van der Waals surface area contributed by atoms with Crippen molar-refractivity contribution < 1.29 is 28.9 Å². The fourth-order valence-electron chi connectivity index (χ4n) is 4.39. The number of aliphatic hydroxyl groups is 1. The fourth-order valence-corrected chi connectivity index (χ4v) is 4.39.